The lowest BCUT2D eigenvalue weighted by Crippen LogP contribution is -2.31. The van der Waals surface area contributed by atoms with E-state index < -0.39 is 5.41 Å². The van der Waals surface area contributed by atoms with Crippen LogP contribution in [0.4, 0.5) is 0 Å². The number of esters is 1. The first-order valence-electron chi connectivity index (χ1n) is 7.09. The topological polar surface area (TPSA) is 26.3 Å². The predicted molar refractivity (Wildman–Crippen MR) is 86.9 cm³/mol. The molecule has 0 atom stereocenters. The Morgan fingerprint density at radius 3 is 1.95 bits per heavy atom. The van der Waals surface area contributed by atoms with E-state index in [1.165, 1.54) is 0 Å². The number of benzene rings is 2. The molecule has 2 rings (SSSR count). The Labute approximate surface area is 127 Å². The van der Waals surface area contributed by atoms with Crippen LogP contribution in [0, 0.1) is 0 Å². The van der Waals surface area contributed by atoms with Gasteiger partial charge in [0.15, 0.2) is 0 Å². The lowest BCUT2D eigenvalue weighted by molar-refractivity contribution is -0.148. The Balaban J connectivity index is 2.26. The lowest BCUT2D eigenvalue weighted by atomic mass is 9.84. The zero-order valence-electron chi connectivity index (χ0n) is 12.7. The monoisotopic (exact) mass is 278 g/mol. The molecule has 2 radical (unpaired) electrons. The molecule has 21 heavy (non-hydrogen) atoms. The molecule has 0 aliphatic rings. The first kappa shape index (κ1) is 15.4. The molecule has 0 spiro atoms. The Morgan fingerprint density at radius 1 is 1.00 bits per heavy atom. The average molecular weight is 278 g/mol. The summed E-state index contributed by atoms with van der Waals surface area (Å²) in [5.41, 5.74) is 3.25. The van der Waals surface area contributed by atoms with Crippen molar-refractivity contribution in [2.45, 2.75) is 26.2 Å². The van der Waals surface area contributed by atoms with Crippen LogP contribution in [-0.2, 0) is 14.9 Å². The molecule has 0 unspecified atom stereocenters. The quantitative estimate of drug-likeness (QED) is 0.635. The molecule has 0 fully saturated rings. The van der Waals surface area contributed by atoms with Crippen LogP contribution in [0.1, 0.15) is 26.3 Å². The SMILES string of the molecule is [B]c1ccc(-c2ccc(C(C)(C)C(=O)OCC)cc2)cc1. The summed E-state index contributed by atoms with van der Waals surface area (Å²) in [6.45, 7) is 5.97. The summed E-state index contributed by atoms with van der Waals surface area (Å²) in [6, 6.07) is 15.7. The molecule has 0 saturated carbocycles. The van der Waals surface area contributed by atoms with Crippen molar-refractivity contribution in [2.24, 2.45) is 0 Å². The van der Waals surface area contributed by atoms with Crippen LogP contribution < -0.4 is 5.46 Å². The molecule has 0 heterocycles. The van der Waals surface area contributed by atoms with Crippen molar-refractivity contribution in [1.82, 2.24) is 0 Å². The molecule has 3 heteroatoms. The molecule has 0 amide bonds. The highest BCUT2D eigenvalue weighted by atomic mass is 16.5. The average Bonchev–Trinajstić information content (AvgIpc) is 2.48. The molecule has 0 saturated heterocycles. The second kappa shape index (κ2) is 6.17. The fourth-order valence-corrected chi connectivity index (χ4v) is 2.18. The van der Waals surface area contributed by atoms with Gasteiger partial charge in [-0.2, -0.15) is 0 Å². The van der Waals surface area contributed by atoms with Crippen LogP contribution >= 0.6 is 0 Å². The third-order valence-electron chi connectivity index (χ3n) is 3.64. The van der Waals surface area contributed by atoms with Gasteiger partial charge in [0, 0.05) is 0 Å². The van der Waals surface area contributed by atoms with Gasteiger partial charge < -0.3 is 4.74 Å². The molecule has 0 aromatic heterocycles. The van der Waals surface area contributed by atoms with Gasteiger partial charge in [-0.1, -0.05) is 54.0 Å². The highest BCUT2D eigenvalue weighted by molar-refractivity contribution is 6.32. The van der Waals surface area contributed by atoms with E-state index in [2.05, 4.69) is 0 Å². The van der Waals surface area contributed by atoms with Gasteiger partial charge in [0.25, 0.3) is 0 Å². The minimum atomic E-state index is -0.643. The Hall–Kier alpha value is -2.03. The molecule has 106 valence electrons. The normalized spacial score (nSPS) is 11.2. The Morgan fingerprint density at radius 2 is 1.48 bits per heavy atom. The summed E-state index contributed by atoms with van der Waals surface area (Å²) >= 11 is 0. The number of hydrogen-bond acceptors (Lipinski definition) is 2. The lowest BCUT2D eigenvalue weighted by Gasteiger charge is -2.23. The van der Waals surface area contributed by atoms with Crippen LogP contribution in [0.5, 0.6) is 0 Å². The molecule has 2 aromatic carbocycles. The van der Waals surface area contributed by atoms with Gasteiger partial charge in [-0.05, 0) is 37.5 Å². The zero-order valence-corrected chi connectivity index (χ0v) is 12.7. The van der Waals surface area contributed by atoms with Gasteiger partial charge in [-0.15, -0.1) is 0 Å². The summed E-state index contributed by atoms with van der Waals surface area (Å²) in [6.07, 6.45) is 0. The molecular formula is C18H19BO2. The van der Waals surface area contributed by atoms with E-state index >= 15 is 0 Å². The molecule has 0 bridgehead atoms. The minimum Gasteiger partial charge on any atom is -0.465 e. The fourth-order valence-electron chi connectivity index (χ4n) is 2.18. The van der Waals surface area contributed by atoms with Crippen LogP contribution in [0.2, 0.25) is 0 Å². The first-order valence-corrected chi connectivity index (χ1v) is 7.09. The summed E-state index contributed by atoms with van der Waals surface area (Å²) in [5, 5.41) is 0. The maximum Gasteiger partial charge on any atom is 0.315 e. The van der Waals surface area contributed by atoms with E-state index in [1.807, 2.05) is 69.3 Å². The molecule has 0 aliphatic heterocycles. The number of carbonyl (C=O) groups is 1. The fraction of sp³-hybridized carbons (Fsp3) is 0.278. The molecular weight excluding hydrogens is 259 g/mol. The third-order valence-corrected chi connectivity index (χ3v) is 3.64. The van der Waals surface area contributed by atoms with E-state index in [9.17, 15) is 4.79 Å². The maximum absolute atomic E-state index is 12.0. The van der Waals surface area contributed by atoms with E-state index in [-0.39, 0.29) is 5.97 Å². The van der Waals surface area contributed by atoms with Crippen molar-refractivity contribution in [3.63, 3.8) is 0 Å². The van der Waals surface area contributed by atoms with Crippen molar-refractivity contribution in [3.8, 4) is 11.1 Å². The minimum absolute atomic E-state index is 0.203. The van der Waals surface area contributed by atoms with Gasteiger partial charge in [0.05, 0.1) is 12.0 Å². The largest absolute Gasteiger partial charge is 0.465 e. The van der Waals surface area contributed by atoms with E-state index in [4.69, 9.17) is 12.6 Å². The second-order valence-electron chi connectivity index (χ2n) is 5.54. The highest BCUT2D eigenvalue weighted by Gasteiger charge is 2.31. The maximum atomic E-state index is 12.0. The van der Waals surface area contributed by atoms with Crippen LogP contribution in [-0.4, -0.2) is 20.4 Å². The van der Waals surface area contributed by atoms with Crippen molar-refractivity contribution >= 4 is 19.3 Å². The summed E-state index contributed by atoms with van der Waals surface area (Å²) < 4.78 is 5.14. The Bertz CT molecular complexity index is 613. The van der Waals surface area contributed by atoms with Crippen LogP contribution in [0.25, 0.3) is 11.1 Å². The van der Waals surface area contributed by atoms with Gasteiger partial charge in [0.1, 0.15) is 7.85 Å². The van der Waals surface area contributed by atoms with Crippen molar-refractivity contribution in [1.29, 1.82) is 0 Å². The van der Waals surface area contributed by atoms with Crippen molar-refractivity contribution < 1.29 is 9.53 Å². The van der Waals surface area contributed by atoms with Crippen LogP contribution in [0.15, 0.2) is 48.5 Å². The number of ether oxygens (including phenoxy) is 1. The van der Waals surface area contributed by atoms with Crippen molar-refractivity contribution in [3.05, 3.63) is 54.1 Å². The van der Waals surface area contributed by atoms with E-state index in [0.29, 0.717) is 6.61 Å². The number of rotatable bonds is 4. The first-order chi connectivity index (χ1) is 9.95. The number of hydrogen-bond donors (Lipinski definition) is 0. The van der Waals surface area contributed by atoms with Gasteiger partial charge in [-0.3, -0.25) is 4.79 Å². The summed E-state index contributed by atoms with van der Waals surface area (Å²) in [7, 11) is 5.70. The predicted octanol–water partition coefficient (Wildman–Crippen LogP) is 2.99. The van der Waals surface area contributed by atoms with E-state index in [1.54, 1.807) is 0 Å². The second-order valence-corrected chi connectivity index (χ2v) is 5.54. The highest BCUT2D eigenvalue weighted by Crippen LogP contribution is 2.27. The van der Waals surface area contributed by atoms with Crippen LogP contribution in [0.3, 0.4) is 0 Å². The smallest absolute Gasteiger partial charge is 0.315 e. The number of carbonyl (C=O) groups excluding carboxylic acids is 1. The van der Waals surface area contributed by atoms with Gasteiger partial charge in [0.2, 0.25) is 0 Å². The van der Waals surface area contributed by atoms with Gasteiger partial charge >= 0.3 is 5.97 Å². The Kier molecular flexibility index (Phi) is 4.51. The standard InChI is InChI=1S/C18H19BO2/c1-4-21-17(20)18(2,3)15-9-5-13(6-10-15)14-7-11-16(19)12-8-14/h5-12H,4H2,1-3H3. The molecule has 0 aliphatic carbocycles. The van der Waals surface area contributed by atoms with Gasteiger partial charge in [-0.25, -0.2) is 0 Å². The molecule has 2 aromatic rings. The van der Waals surface area contributed by atoms with Crippen molar-refractivity contribution in [2.75, 3.05) is 6.61 Å². The molecule has 2 nitrogen and oxygen atoms in total. The summed E-state index contributed by atoms with van der Waals surface area (Å²) in [5.74, 6) is -0.203. The zero-order chi connectivity index (χ0) is 15.5. The third kappa shape index (κ3) is 3.36. The van der Waals surface area contributed by atoms with E-state index in [0.717, 1.165) is 22.2 Å². The summed E-state index contributed by atoms with van der Waals surface area (Å²) in [4.78, 5) is 12.0. The molecule has 0 N–H and O–H groups in total.